The molecule has 2 N–H and O–H groups in total. The Kier molecular flexibility index (Phi) is 4.93. The first-order valence-electron chi connectivity index (χ1n) is 6.86. The average molecular weight is 311 g/mol. The molecular weight excluding hydrogens is 293 g/mol. The second-order valence-corrected chi connectivity index (χ2v) is 6.87. The molecule has 0 radical (unpaired) electrons. The van der Waals surface area contributed by atoms with Gasteiger partial charge in [-0.15, -0.1) is 0 Å². The molecule has 1 aromatic rings. The van der Waals surface area contributed by atoms with Gasteiger partial charge in [0, 0.05) is 12.1 Å². The molecule has 0 saturated heterocycles. The molecule has 1 fully saturated rings. The van der Waals surface area contributed by atoms with E-state index in [-0.39, 0.29) is 10.9 Å². The summed E-state index contributed by atoms with van der Waals surface area (Å²) in [6.45, 7) is 0. The fraction of sp³-hybridized carbons (Fsp3) is 0.500. The number of benzene rings is 1. The Bertz CT molecular complexity index is 647. The minimum absolute atomic E-state index is 0.172. The maximum Gasteiger partial charge on any atom is 0.242 e. The minimum Gasteiger partial charge on any atom is -0.317 e. The summed E-state index contributed by atoms with van der Waals surface area (Å²) in [4.78, 5) is -0.291. The highest BCUT2D eigenvalue weighted by Crippen LogP contribution is 2.22. The molecule has 0 heterocycles. The summed E-state index contributed by atoms with van der Waals surface area (Å²) in [6, 6.07) is 5.49. The van der Waals surface area contributed by atoms with E-state index in [1.165, 1.54) is 12.1 Å². The molecule has 1 aliphatic rings. The molecule has 114 valence electrons. The molecule has 2 rings (SSSR count). The van der Waals surface area contributed by atoms with E-state index in [9.17, 15) is 12.8 Å². The smallest absolute Gasteiger partial charge is 0.242 e. The molecule has 0 amide bonds. The zero-order valence-electron chi connectivity index (χ0n) is 11.8. The Labute approximate surface area is 124 Å². The van der Waals surface area contributed by atoms with E-state index in [0.717, 1.165) is 31.7 Å². The van der Waals surface area contributed by atoms with E-state index in [2.05, 4.69) is 10.0 Å². The van der Waals surface area contributed by atoms with Crippen LogP contribution in [0, 0.1) is 17.1 Å². The van der Waals surface area contributed by atoms with Crippen LogP contribution in [0.1, 0.15) is 31.2 Å². The van der Waals surface area contributed by atoms with E-state index < -0.39 is 21.4 Å². The normalized spacial score (nSPS) is 22.7. The second-order valence-electron chi connectivity index (χ2n) is 5.18. The van der Waals surface area contributed by atoms with Crippen LogP contribution in [0.15, 0.2) is 23.1 Å². The Balaban J connectivity index is 2.17. The largest absolute Gasteiger partial charge is 0.317 e. The van der Waals surface area contributed by atoms with Crippen LogP contribution >= 0.6 is 0 Å². The quantitative estimate of drug-likeness (QED) is 0.883. The Morgan fingerprint density at radius 3 is 2.43 bits per heavy atom. The predicted molar refractivity (Wildman–Crippen MR) is 76.5 cm³/mol. The zero-order valence-corrected chi connectivity index (χ0v) is 12.6. The highest BCUT2D eigenvalue weighted by Gasteiger charge is 2.27. The maximum atomic E-state index is 13.5. The van der Waals surface area contributed by atoms with Gasteiger partial charge >= 0.3 is 0 Å². The SMILES string of the molecule is CNC1CCC(NS(=O)(=O)c2cccc(F)c2C#N)CC1. The number of nitrogens with zero attached hydrogens (tertiary/aromatic N) is 1. The van der Waals surface area contributed by atoms with Crippen molar-refractivity contribution in [3.8, 4) is 6.07 Å². The number of halogens is 1. The third-order valence-electron chi connectivity index (χ3n) is 3.83. The average Bonchev–Trinajstić information content (AvgIpc) is 2.47. The van der Waals surface area contributed by atoms with Gasteiger partial charge in [0.1, 0.15) is 22.3 Å². The first-order chi connectivity index (χ1) is 9.97. The van der Waals surface area contributed by atoms with Gasteiger partial charge in [0.15, 0.2) is 0 Å². The van der Waals surface area contributed by atoms with Crippen LogP contribution in [0.5, 0.6) is 0 Å². The van der Waals surface area contributed by atoms with Gasteiger partial charge in [-0.3, -0.25) is 0 Å². The molecule has 0 aliphatic heterocycles. The first-order valence-corrected chi connectivity index (χ1v) is 8.34. The molecule has 1 aromatic carbocycles. The molecule has 1 saturated carbocycles. The Morgan fingerprint density at radius 2 is 1.86 bits per heavy atom. The van der Waals surface area contributed by atoms with Crippen LogP contribution in [0.4, 0.5) is 4.39 Å². The summed E-state index contributed by atoms with van der Waals surface area (Å²) >= 11 is 0. The zero-order chi connectivity index (χ0) is 15.5. The fourth-order valence-electron chi connectivity index (χ4n) is 2.62. The maximum absolute atomic E-state index is 13.5. The van der Waals surface area contributed by atoms with Crippen molar-refractivity contribution >= 4 is 10.0 Å². The van der Waals surface area contributed by atoms with Crippen LogP contribution in [0.3, 0.4) is 0 Å². The standard InChI is InChI=1S/C14H18FN3O2S/c1-17-10-5-7-11(8-6-10)18-21(19,20)14-4-2-3-13(15)12(14)9-16/h2-4,10-11,17-18H,5-8H2,1H3. The number of nitriles is 1. The van der Waals surface area contributed by atoms with Gasteiger partial charge in [0.25, 0.3) is 0 Å². The van der Waals surface area contributed by atoms with E-state index >= 15 is 0 Å². The second kappa shape index (κ2) is 6.52. The lowest BCUT2D eigenvalue weighted by Gasteiger charge is -2.28. The van der Waals surface area contributed by atoms with E-state index in [1.807, 2.05) is 7.05 Å². The van der Waals surface area contributed by atoms with Crippen LogP contribution in [0.2, 0.25) is 0 Å². The number of rotatable bonds is 4. The van der Waals surface area contributed by atoms with Gasteiger partial charge in [-0.05, 0) is 44.9 Å². The van der Waals surface area contributed by atoms with Gasteiger partial charge in [-0.1, -0.05) is 6.07 Å². The van der Waals surface area contributed by atoms with Crippen LogP contribution < -0.4 is 10.0 Å². The van der Waals surface area contributed by atoms with Crippen LogP contribution in [-0.4, -0.2) is 27.5 Å². The molecule has 0 spiro atoms. The summed E-state index contributed by atoms with van der Waals surface area (Å²) in [6.07, 6.45) is 3.22. The molecule has 7 heteroatoms. The lowest BCUT2D eigenvalue weighted by Crippen LogP contribution is -2.41. The van der Waals surface area contributed by atoms with E-state index in [0.29, 0.717) is 6.04 Å². The topological polar surface area (TPSA) is 82.0 Å². The highest BCUT2D eigenvalue weighted by atomic mass is 32.2. The van der Waals surface area contributed by atoms with Crippen molar-refractivity contribution in [1.82, 2.24) is 10.0 Å². The fourth-order valence-corrected chi connectivity index (χ4v) is 4.09. The number of hydrogen-bond acceptors (Lipinski definition) is 4. The third-order valence-corrected chi connectivity index (χ3v) is 5.40. The highest BCUT2D eigenvalue weighted by molar-refractivity contribution is 7.89. The van der Waals surface area contributed by atoms with Crippen molar-refractivity contribution in [2.24, 2.45) is 0 Å². The van der Waals surface area contributed by atoms with Crippen molar-refractivity contribution in [2.75, 3.05) is 7.05 Å². The third kappa shape index (κ3) is 3.59. The monoisotopic (exact) mass is 311 g/mol. The summed E-state index contributed by atoms with van der Waals surface area (Å²) in [5.74, 6) is -0.820. The van der Waals surface area contributed by atoms with Crippen molar-refractivity contribution in [3.63, 3.8) is 0 Å². The molecule has 5 nitrogen and oxygen atoms in total. The predicted octanol–water partition coefficient (Wildman–Crippen LogP) is 1.51. The van der Waals surface area contributed by atoms with Crippen LogP contribution in [0.25, 0.3) is 0 Å². The summed E-state index contributed by atoms with van der Waals surface area (Å²) < 4.78 is 40.8. The first kappa shape index (κ1) is 15.9. The molecule has 21 heavy (non-hydrogen) atoms. The number of sulfonamides is 1. The van der Waals surface area contributed by atoms with Crippen molar-refractivity contribution < 1.29 is 12.8 Å². The summed E-state index contributed by atoms with van der Waals surface area (Å²) in [5.41, 5.74) is -0.436. The Morgan fingerprint density at radius 1 is 1.24 bits per heavy atom. The lowest BCUT2D eigenvalue weighted by atomic mass is 9.92. The van der Waals surface area contributed by atoms with Crippen molar-refractivity contribution in [2.45, 2.75) is 42.7 Å². The van der Waals surface area contributed by atoms with Gasteiger partial charge in [-0.25, -0.2) is 17.5 Å². The van der Waals surface area contributed by atoms with Gasteiger partial charge in [-0.2, -0.15) is 5.26 Å². The van der Waals surface area contributed by atoms with Crippen LogP contribution in [-0.2, 0) is 10.0 Å². The lowest BCUT2D eigenvalue weighted by molar-refractivity contribution is 0.342. The molecule has 0 aromatic heterocycles. The molecular formula is C14H18FN3O2S. The number of hydrogen-bond donors (Lipinski definition) is 2. The molecule has 0 bridgehead atoms. The molecule has 0 unspecified atom stereocenters. The minimum atomic E-state index is -3.88. The summed E-state index contributed by atoms with van der Waals surface area (Å²) in [5, 5.41) is 12.1. The van der Waals surface area contributed by atoms with Gasteiger partial charge in [0.2, 0.25) is 10.0 Å². The number of nitrogens with one attached hydrogen (secondary N) is 2. The van der Waals surface area contributed by atoms with Gasteiger partial charge in [0.05, 0.1) is 0 Å². The molecule has 1 aliphatic carbocycles. The Hall–Kier alpha value is -1.49. The molecule has 0 atom stereocenters. The van der Waals surface area contributed by atoms with E-state index in [4.69, 9.17) is 5.26 Å². The van der Waals surface area contributed by atoms with Gasteiger partial charge < -0.3 is 5.32 Å². The van der Waals surface area contributed by atoms with Crippen molar-refractivity contribution in [1.29, 1.82) is 5.26 Å². The van der Waals surface area contributed by atoms with Crippen molar-refractivity contribution in [3.05, 3.63) is 29.6 Å². The summed E-state index contributed by atoms with van der Waals surface area (Å²) in [7, 11) is -1.99. The van der Waals surface area contributed by atoms with E-state index in [1.54, 1.807) is 6.07 Å².